The molecule has 8 heteroatoms. The van der Waals surface area contributed by atoms with Gasteiger partial charge in [0.1, 0.15) is 17.6 Å². The quantitative estimate of drug-likeness (QED) is 0.533. The topological polar surface area (TPSA) is 92.8 Å². The number of pyridine rings is 1. The number of rotatable bonds is 3. The van der Waals surface area contributed by atoms with Gasteiger partial charge in [-0.2, -0.15) is 0 Å². The van der Waals surface area contributed by atoms with E-state index in [1.165, 1.54) is 0 Å². The second kappa shape index (κ2) is 12.3. The Labute approximate surface area is 229 Å². The van der Waals surface area contributed by atoms with Crippen LogP contribution in [0.3, 0.4) is 0 Å². The minimum absolute atomic E-state index is 0.0946. The summed E-state index contributed by atoms with van der Waals surface area (Å²) in [6.07, 6.45) is 5.07. The number of carbonyl (C=O) groups excluding carboxylic acids is 2. The van der Waals surface area contributed by atoms with Crippen molar-refractivity contribution in [1.82, 2.24) is 20.5 Å². The van der Waals surface area contributed by atoms with Crippen molar-refractivity contribution in [2.45, 2.75) is 45.4 Å². The average Bonchev–Trinajstić information content (AvgIpc) is 2.95. The second-order valence-corrected chi connectivity index (χ2v) is 10.7. The van der Waals surface area contributed by atoms with Crippen LogP contribution < -0.4 is 20.1 Å². The first-order valence-electron chi connectivity index (χ1n) is 13.7. The molecule has 6 rings (SSSR count). The van der Waals surface area contributed by atoms with Gasteiger partial charge in [0.25, 0.3) is 11.8 Å². The van der Waals surface area contributed by atoms with Crippen LogP contribution in [0.4, 0.5) is 0 Å². The molecule has 0 unspecified atom stereocenters. The third-order valence-corrected chi connectivity index (χ3v) is 7.21. The van der Waals surface area contributed by atoms with Crippen LogP contribution in [-0.2, 0) is 11.3 Å². The Hall–Kier alpha value is -3.91. The average molecular weight is 529 g/mol. The summed E-state index contributed by atoms with van der Waals surface area (Å²) in [5, 5.41) is 6.15. The number of fused-ring (bicyclic) bond motifs is 7. The van der Waals surface area contributed by atoms with Crippen molar-refractivity contribution >= 4 is 11.8 Å². The zero-order valence-corrected chi connectivity index (χ0v) is 22.6. The molecule has 2 N–H and O–H groups in total. The van der Waals surface area contributed by atoms with E-state index in [1.807, 2.05) is 48.5 Å². The second-order valence-electron chi connectivity index (χ2n) is 10.7. The Bertz CT molecular complexity index is 1290. The van der Waals surface area contributed by atoms with E-state index in [1.54, 1.807) is 18.5 Å². The first-order valence-corrected chi connectivity index (χ1v) is 13.7. The Morgan fingerprint density at radius 3 is 2.64 bits per heavy atom. The highest BCUT2D eigenvalue weighted by Gasteiger charge is 2.32. The summed E-state index contributed by atoms with van der Waals surface area (Å²) in [5.74, 6) is 1.54. The van der Waals surface area contributed by atoms with E-state index in [9.17, 15) is 9.59 Å². The van der Waals surface area contributed by atoms with Gasteiger partial charge in [0.15, 0.2) is 6.61 Å². The molecule has 3 aliphatic rings. The molecule has 1 fully saturated rings. The minimum Gasteiger partial charge on any atom is -0.488 e. The molecule has 2 aromatic carbocycles. The van der Waals surface area contributed by atoms with E-state index < -0.39 is 0 Å². The minimum atomic E-state index is -0.206. The first-order chi connectivity index (χ1) is 18.9. The Morgan fingerprint density at radius 2 is 1.82 bits per heavy atom. The fourth-order valence-electron chi connectivity index (χ4n) is 4.92. The van der Waals surface area contributed by atoms with Crippen molar-refractivity contribution in [3.8, 4) is 22.6 Å². The van der Waals surface area contributed by atoms with Crippen molar-refractivity contribution in [2.24, 2.45) is 5.92 Å². The summed E-state index contributed by atoms with van der Waals surface area (Å²) in [4.78, 5) is 32.6. The summed E-state index contributed by atoms with van der Waals surface area (Å²) in [6.45, 7) is 7.40. The van der Waals surface area contributed by atoms with Crippen molar-refractivity contribution in [2.75, 3.05) is 26.2 Å². The fraction of sp³-hybridized carbons (Fsp3) is 0.387. The molecular formula is C31H36N4O4. The van der Waals surface area contributed by atoms with Gasteiger partial charge in [0, 0.05) is 37.6 Å². The van der Waals surface area contributed by atoms with Gasteiger partial charge < -0.3 is 25.0 Å². The lowest BCUT2D eigenvalue weighted by molar-refractivity contribution is -0.123. The lowest BCUT2D eigenvalue weighted by atomic mass is 9.99. The van der Waals surface area contributed by atoms with E-state index in [2.05, 4.69) is 34.4 Å². The highest BCUT2D eigenvalue weighted by molar-refractivity contribution is 5.95. The largest absolute Gasteiger partial charge is 0.488 e. The maximum Gasteiger partial charge on any atom is 0.258 e. The van der Waals surface area contributed by atoms with E-state index >= 15 is 0 Å². The van der Waals surface area contributed by atoms with Gasteiger partial charge in [-0.3, -0.25) is 14.6 Å². The monoisotopic (exact) mass is 528 g/mol. The molecule has 3 aromatic rings. The van der Waals surface area contributed by atoms with Gasteiger partial charge in [0.2, 0.25) is 0 Å². The van der Waals surface area contributed by atoms with E-state index in [-0.39, 0.29) is 30.6 Å². The Morgan fingerprint density at radius 1 is 1.00 bits per heavy atom. The van der Waals surface area contributed by atoms with Gasteiger partial charge in [-0.05, 0) is 66.8 Å². The SMILES string of the molecule is CC(C)CCN1CC[C@@H]2Oc3ccc(cc3)CNC(=O)COc3cccc(c3)-c3cncc(c3)C(=O)N[C@@H]2C1. The normalized spacial score (nSPS) is 20.3. The standard InChI is InChI=1S/C31H36N4O4/c1-21(2)10-12-35-13-11-29-28(19-35)34-31(37)25-14-24(17-32-18-25)23-4-3-5-27(15-23)38-20-30(36)33-16-22-6-8-26(39-29)9-7-22/h3-9,14-15,17-18,21,28-29H,10-13,16,19-20H2,1-2H3,(H,33,36)(H,34,37)/t28-,29+/m1/s1. The van der Waals surface area contributed by atoms with Gasteiger partial charge in [-0.15, -0.1) is 0 Å². The van der Waals surface area contributed by atoms with Crippen molar-refractivity contribution in [1.29, 1.82) is 0 Å². The zero-order chi connectivity index (χ0) is 27.2. The summed E-state index contributed by atoms with van der Waals surface area (Å²) in [6, 6.07) is 16.8. The number of nitrogens with one attached hydrogen (secondary N) is 2. The van der Waals surface area contributed by atoms with E-state index in [0.29, 0.717) is 23.8 Å². The molecule has 1 saturated heterocycles. The summed E-state index contributed by atoms with van der Waals surface area (Å²) in [7, 11) is 0. The van der Waals surface area contributed by atoms with Crippen LogP contribution in [0.25, 0.3) is 11.1 Å². The number of benzene rings is 2. The molecule has 0 saturated carbocycles. The number of carbonyl (C=O) groups is 2. The number of aromatic nitrogens is 1. The molecule has 0 spiro atoms. The summed E-state index contributed by atoms with van der Waals surface area (Å²) in [5.41, 5.74) is 3.09. The van der Waals surface area contributed by atoms with Crippen LogP contribution in [0.5, 0.6) is 11.5 Å². The summed E-state index contributed by atoms with van der Waals surface area (Å²) >= 11 is 0. The summed E-state index contributed by atoms with van der Waals surface area (Å²) < 4.78 is 12.1. The first kappa shape index (κ1) is 26.7. The lowest BCUT2D eigenvalue weighted by Crippen LogP contribution is -2.57. The molecule has 2 atom stereocenters. The van der Waals surface area contributed by atoms with Crippen molar-refractivity contribution < 1.29 is 19.1 Å². The van der Waals surface area contributed by atoms with Crippen LogP contribution >= 0.6 is 0 Å². The van der Waals surface area contributed by atoms with Crippen LogP contribution in [0.1, 0.15) is 42.6 Å². The van der Waals surface area contributed by atoms with Crippen LogP contribution in [-0.4, -0.2) is 60.1 Å². The number of hydrogen-bond donors (Lipinski definition) is 2. The molecule has 0 aliphatic carbocycles. The molecule has 8 nitrogen and oxygen atoms in total. The third-order valence-electron chi connectivity index (χ3n) is 7.21. The van der Waals surface area contributed by atoms with Crippen molar-refractivity contribution in [3.63, 3.8) is 0 Å². The van der Waals surface area contributed by atoms with Gasteiger partial charge in [-0.1, -0.05) is 38.1 Å². The van der Waals surface area contributed by atoms with Crippen molar-refractivity contribution in [3.05, 3.63) is 78.1 Å². The molecule has 2 amide bonds. The molecule has 204 valence electrons. The molecule has 3 aliphatic heterocycles. The molecule has 4 heterocycles. The van der Waals surface area contributed by atoms with Crippen LogP contribution in [0.15, 0.2) is 67.0 Å². The third kappa shape index (κ3) is 7.15. The smallest absolute Gasteiger partial charge is 0.258 e. The Kier molecular flexibility index (Phi) is 8.42. The zero-order valence-electron chi connectivity index (χ0n) is 22.6. The number of hydrogen-bond acceptors (Lipinski definition) is 6. The molecule has 0 radical (unpaired) electrons. The lowest BCUT2D eigenvalue weighted by Gasteiger charge is -2.39. The highest BCUT2D eigenvalue weighted by atomic mass is 16.5. The maximum atomic E-state index is 13.5. The Balaban J connectivity index is 1.43. The maximum absolute atomic E-state index is 13.5. The van der Waals surface area contributed by atoms with Gasteiger partial charge in [-0.25, -0.2) is 0 Å². The van der Waals surface area contributed by atoms with E-state index in [0.717, 1.165) is 54.9 Å². The fourth-order valence-corrected chi connectivity index (χ4v) is 4.92. The molecular weight excluding hydrogens is 492 g/mol. The number of likely N-dealkylation sites (tertiary alicyclic amines) is 1. The number of ether oxygens (including phenoxy) is 2. The number of piperidine rings is 1. The molecule has 6 bridgehead atoms. The highest BCUT2D eigenvalue weighted by Crippen LogP contribution is 2.25. The predicted molar refractivity (Wildman–Crippen MR) is 150 cm³/mol. The molecule has 1 aromatic heterocycles. The van der Waals surface area contributed by atoms with Gasteiger partial charge in [0.05, 0.1) is 11.6 Å². The van der Waals surface area contributed by atoms with Gasteiger partial charge >= 0.3 is 0 Å². The molecule has 39 heavy (non-hydrogen) atoms. The number of amides is 2. The van der Waals surface area contributed by atoms with Crippen LogP contribution in [0, 0.1) is 5.92 Å². The van der Waals surface area contributed by atoms with E-state index in [4.69, 9.17) is 9.47 Å². The predicted octanol–water partition coefficient (Wildman–Crippen LogP) is 4.06. The van der Waals surface area contributed by atoms with Crippen LogP contribution in [0.2, 0.25) is 0 Å². The number of nitrogens with zero attached hydrogens (tertiary/aromatic N) is 2.